The quantitative estimate of drug-likeness (QED) is 0.503. The molecule has 32 heavy (non-hydrogen) atoms. The predicted octanol–water partition coefficient (Wildman–Crippen LogP) is 4.03. The second kappa shape index (κ2) is 10.1. The lowest BCUT2D eigenvalue weighted by Crippen LogP contribution is -2.42. The predicted molar refractivity (Wildman–Crippen MR) is 125 cm³/mol. The van der Waals surface area contributed by atoms with E-state index in [1.54, 1.807) is 6.07 Å². The highest BCUT2D eigenvalue weighted by Gasteiger charge is 2.33. The summed E-state index contributed by atoms with van der Waals surface area (Å²) in [5.41, 5.74) is 0.870. The van der Waals surface area contributed by atoms with Crippen molar-refractivity contribution in [1.82, 2.24) is 4.90 Å². The fraction of sp³-hybridized carbons (Fsp3) is 0.333. The Bertz CT molecular complexity index is 1130. The summed E-state index contributed by atoms with van der Waals surface area (Å²) in [5.74, 6) is 2.31. The van der Waals surface area contributed by atoms with Crippen molar-refractivity contribution >= 4 is 21.4 Å². The fourth-order valence-corrected chi connectivity index (χ4v) is 5.85. The molecule has 0 spiro atoms. The zero-order valence-corrected chi connectivity index (χ0v) is 19.1. The molecule has 1 saturated heterocycles. The Hall–Kier alpha value is -2.32. The largest absolute Gasteiger partial charge is 0.491 e. The Kier molecular flexibility index (Phi) is 7.20. The topological polar surface area (TPSA) is 80.0 Å². The van der Waals surface area contributed by atoms with E-state index in [0.717, 1.165) is 5.56 Å². The summed E-state index contributed by atoms with van der Waals surface area (Å²) < 4.78 is 35.8. The van der Waals surface area contributed by atoms with Gasteiger partial charge in [0.2, 0.25) is 0 Å². The number of aliphatic hydroxyl groups is 1. The molecule has 1 aromatic heterocycles. The maximum atomic E-state index is 12.1. The van der Waals surface area contributed by atoms with Crippen LogP contribution < -0.4 is 4.74 Å². The van der Waals surface area contributed by atoms with Crippen molar-refractivity contribution < 1.29 is 22.7 Å². The first-order valence-corrected chi connectivity index (χ1v) is 12.7. The third-order valence-electron chi connectivity index (χ3n) is 5.49. The molecule has 1 aliphatic rings. The number of rotatable bonds is 9. The summed E-state index contributed by atoms with van der Waals surface area (Å²) in [5, 5.41) is 11.2. The highest BCUT2D eigenvalue weighted by molar-refractivity contribution is 7.91. The molecule has 0 aliphatic carbocycles. The van der Waals surface area contributed by atoms with E-state index < -0.39 is 15.9 Å². The Morgan fingerprint density at radius 1 is 1.12 bits per heavy atom. The van der Waals surface area contributed by atoms with Gasteiger partial charge in [0.1, 0.15) is 30.0 Å². The van der Waals surface area contributed by atoms with Crippen molar-refractivity contribution in [2.24, 2.45) is 0 Å². The number of ether oxygens (including phenoxy) is 1. The highest BCUT2D eigenvalue weighted by atomic mass is 35.5. The maximum absolute atomic E-state index is 12.1. The monoisotopic (exact) mass is 475 g/mol. The van der Waals surface area contributed by atoms with Crippen molar-refractivity contribution in [2.45, 2.75) is 25.1 Å². The Labute approximate surface area is 193 Å². The molecule has 2 atom stereocenters. The molecule has 4 rings (SSSR count). The van der Waals surface area contributed by atoms with E-state index >= 15 is 0 Å². The molecular weight excluding hydrogens is 450 g/mol. The van der Waals surface area contributed by atoms with Crippen molar-refractivity contribution in [1.29, 1.82) is 0 Å². The normalized spacial score (nSPS) is 18.7. The van der Waals surface area contributed by atoms with Gasteiger partial charge in [0.15, 0.2) is 9.84 Å². The molecule has 1 aliphatic heterocycles. The van der Waals surface area contributed by atoms with Crippen LogP contribution in [0.4, 0.5) is 0 Å². The van der Waals surface area contributed by atoms with Crippen molar-refractivity contribution in [3.05, 3.63) is 77.5 Å². The van der Waals surface area contributed by atoms with Crippen LogP contribution in [0.15, 0.2) is 71.1 Å². The van der Waals surface area contributed by atoms with E-state index in [4.69, 9.17) is 20.8 Å². The number of para-hydroxylation sites is 1. The molecule has 2 aromatic carbocycles. The first-order chi connectivity index (χ1) is 15.4. The van der Waals surface area contributed by atoms with E-state index in [2.05, 4.69) is 0 Å². The SMILES string of the molecule is O=S1(=O)CCC(N(Cc2ccc(-c3cccc(Cl)c3)o2)CC(O)COc2ccccc2)C1. The molecule has 0 bridgehead atoms. The molecule has 8 heteroatoms. The number of hydrogen-bond acceptors (Lipinski definition) is 6. The lowest BCUT2D eigenvalue weighted by atomic mass is 10.2. The molecule has 1 N–H and O–H groups in total. The van der Waals surface area contributed by atoms with E-state index in [-0.39, 0.29) is 30.7 Å². The van der Waals surface area contributed by atoms with E-state index in [9.17, 15) is 13.5 Å². The minimum absolute atomic E-state index is 0.0844. The number of nitrogens with zero attached hydrogens (tertiary/aromatic N) is 1. The molecule has 0 radical (unpaired) electrons. The van der Waals surface area contributed by atoms with Gasteiger partial charge in [-0.2, -0.15) is 0 Å². The molecule has 2 heterocycles. The maximum Gasteiger partial charge on any atom is 0.151 e. The number of halogens is 1. The summed E-state index contributed by atoms with van der Waals surface area (Å²) in [6, 6.07) is 20.3. The molecular formula is C24H26ClNO5S. The van der Waals surface area contributed by atoms with Crippen LogP contribution in [0.2, 0.25) is 5.02 Å². The number of sulfone groups is 1. The van der Waals surface area contributed by atoms with Crippen LogP contribution in [0.3, 0.4) is 0 Å². The average molecular weight is 476 g/mol. The Morgan fingerprint density at radius 2 is 1.94 bits per heavy atom. The van der Waals surface area contributed by atoms with Gasteiger partial charge in [0.05, 0.1) is 18.1 Å². The molecule has 1 fully saturated rings. The molecule has 2 unspecified atom stereocenters. The second-order valence-corrected chi connectivity index (χ2v) is 10.7. The van der Waals surface area contributed by atoms with Crippen LogP contribution in [0.25, 0.3) is 11.3 Å². The van der Waals surface area contributed by atoms with E-state index in [1.165, 1.54) is 0 Å². The summed E-state index contributed by atoms with van der Waals surface area (Å²) >= 11 is 6.08. The summed E-state index contributed by atoms with van der Waals surface area (Å²) in [4.78, 5) is 1.98. The van der Waals surface area contributed by atoms with Gasteiger partial charge in [-0.3, -0.25) is 4.90 Å². The van der Waals surface area contributed by atoms with Gasteiger partial charge >= 0.3 is 0 Å². The van der Waals surface area contributed by atoms with Gasteiger partial charge in [-0.05, 0) is 42.8 Å². The number of aliphatic hydroxyl groups excluding tert-OH is 1. The van der Waals surface area contributed by atoms with E-state index in [0.29, 0.717) is 35.3 Å². The van der Waals surface area contributed by atoms with Gasteiger partial charge in [-0.1, -0.05) is 41.9 Å². The zero-order chi connectivity index (χ0) is 22.6. The molecule has 3 aromatic rings. The number of benzene rings is 2. The van der Waals surface area contributed by atoms with Crippen molar-refractivity contribution in [2.75, 3.05) is 24.7 Å². The lowest BCUT2D eigenvalue weighted by Gasteiger charge is -2.29. The first-order valence-electron chi connectivity index (χ1n) is 10.5. The number of hydrogen-bond donors (Lipinski definition) is 1. The van der Waals surface area contributed by atoms with Crippen LogP contribution in [-0.2, 0) is 16.4 Å². The van der Waals surface area contributed by atoms with Crippen LogP contribution in [0, 0.1) is 0 Å². The molecule has 0 saturated carbocycles. The van der Waals surface area contributed by atoms with Crippen LogP contribution in [0.1, 0.15) is 12.2 Å². The smallest absolute Gasteiger partial charge is 0.151 e. The van der Waals surface area contributed by atoms with Gasteiger partial charge < -0.3 is 14.3 Å². The molecule has 0 amide bonds. The van der Waals surface area contributed by atoms with Gasteiger partial charge in [0, 0.05) is 23.2 Å². The number of furan rings is 1. The minimum atomic E-state index is -3.07. The standard InChI is InChI=1S/C24H26ClNO5S/c25-19-6-4-5-18(13-19)24-10-9-23(31-24)15-26(20-11-12-32(28,29)17-20)14-21(27)16-30-22-7-2-1-3-8-22/h1-10,13,20-21,27H,11-12,14-17H2. The Morgan fingerprint density at radius 3 is 2.66 bits per heavy atom. The van der Waals surface area contributed by atoms with Gasteiger partial charge in [-0.15, -0.1) is 0 Å². The van der Waals surface area contributed by atoms with Gasteiger partial charge in [-0.25, -0.2) is 8.42 Å². The van der Waals surface area contributed by atoms with E-state index in [1.807, 2.05) is 65.6 Å². The summed E-state index contributed by atoms with van der Waals surface area (Å²) in [6.07, 6.45) is -0.239. The fourth-order valence-electron chi connectivity index (χ4n) is 3.90. The molecule has 170 valence electrons. The average Bonchev–Trinajstić information content (AvgIpc) is 3.39. The zero-order valence-electron chi connectivity index (χ0n) is 17.6. The molecule has 6 nitrogen and oxygen atoms in total. The van der Waals surface area contributed by atoms with Gasteiger partial charge in [0.25, 0.3) is 0 Å². The summed E-state index contributed by atoms with van der Waals surface area (Å²) in [6.45, 7) is 0.787. The van der Waals surface area contributed by atoms with Crippen LogP contribution in [0.5, 0.6) is 5.75 Å². The minimum Gasteiger partial charge on any atom is -0.491 e. The Balaban J connectivity index is 1.45. The second-order valence-electron chi connectivity index (χ2n) is 8.04. The van der Waals surface area contributed by atoms with Crippen LogP contribution >= 0.6 is 11.6 Å². The third-order valence-corrected chi connectivity index (χ3v) is 7.47. The summed E-state index contributed by atoms with van der Waals surface area (Å²) in [7, 11) is -3.07. The van der Waals surface area contributed by atoms with Crippen molar-refractivity contribution in [3.8, 4) is 17.1 Å². The third kappa shape index (κ3) is 6.13. The lowest BCUT2D eigenvalue weighted by molar-refractivity contribution is 0.0498. The highest BCUT2D eigenvalue weighted by Crippen LogP contribution is 2.27. The van der Waals surface area contributed by atoms with Crippen molar-refractivity contribution in [3.63, 3.8) is 0 Å². The van der Waals surface area contributed by atoms with Crippen LogP contribution in [-0.4, -0.2) is 55.2 Å². The first kappa shape index (κ1) is 22.9.